The van der Waals surface area contributed by atoms with Gasteiger partial charge in [0.1, 0.15) is 77.1 Å². The van der Waals surface area contributed by atoms with Crippen LogP contribution in [0.1, 0.15) is 52.9 Å². The fourth-order valence-electron chi connectivity index (χ4n) is 10.6. The Labute approximate surface area is 755 Å². The number of thiol groups is 1. The number of sulfonamides is 3. The van der Waals surface area contributed by atoms with E-state index in [9.17, 15) is 77.9 Å². The molecular weight excluding hydrogens is 1860 g/mol. The van der Waals surface area contributed by atoms with E-state index in [0.717, 1.165) is 145 Å². The summed E-state index contributed by atoms with van der Waals surface area (Å²) >= 11 is 7.25. The van der Waals surface area contributed by atoms with Gasteiger partial charge in [-0.2, -0.15) is 69.6 Å². The maximum atomic E-state index is 15.0. The van der Waals surface area contributed by atoms with Gasteiger partial charge in [0.2, 0.25) is 20.5 Å². The topological polar surface area (TPSA) is 330 Å². The molecule has 674 valence electrons. The molecular formula is C78H72F13LiN12O15S8. The largest absolute Gasteiger partial charge is 1.00 e. The van der Waals surface area contributed by atoms with Crippen molar-refractivity contribution in [2.24, 2.45) is 0 Å². The van der Waals surface area contributed by atoms with Crippen LogP contribution < -0.4 is 75.4 Å². The van der Waals surface area contributed by atoms with E-state index in [4.69, 9.17) is 44.4 Å². The number of anilines is 4. The molecule has 9 aromatic carbocycles. The number of aromatic hydroxyl groups is 1. The SMILES string of the molecule is COc1ccc(CN(c2ncns2)S(=O)(=O)c2ccc(F)c(F)c2)c(OC)c1.COc1ccc(CN(c2ncns2)S(=O)(=O)c2ccc(Oc3cc(C)cc(C(F)(F)F)c3)c(F)c2)c(OC)c1.COc1ccc(CNc2ncns2)c(OC)c1.Cc1cc(O)cc(C(F)(F)F)c1.Cc1cc(Oc2ccc(S(=O)(=O)Nc3ncns3)cc2F)cc(C(F)(F)F)c1.[2H]CS.[H-].[Li+]. The molecule has 0 aliphatic heterocycles. The van der Waals surface area contributed by atoms with Crippen molar-refractivity contribution >= 4 is 109 Å². The van der Waals surface area contributed by atoms with Crippen LogP contribution in [0, 0.1) is 44.0 Å². The first-order valence-electron chi connectivity index (χ1n) is 35.8. The number of ether oxygens (including phenoxy) is 8. The number of rotatable bonds is 26. The average molecular weight is 1930 g/mol. The maximum absolute atomic E-state index is 15.0. The summed E-state index contributed by atoms with van der Waals surface area (Å²) in [5, 5.41) is 12.9. The molecule has 0 fully saturated rings. The zero-order valence-electron chi connectivity index (χ0n) is 69.6. The Morgan fingerprint density at radius 3 is 1.15 bits per heavy atom. The van der Waals surface area contributed by atoms with Gasteiger partial charge in [-0.1, -0.05) is 0 Å². The van der Waals surface area contributed by atoms with Crippen molar-refractivity contribution in [2.45, 2.75) is 73.6 Å². The van der Waals surface area contributed by atoms with Gasteiger partial charge < -0.3 is 49.7 Å². The number of nitrogens with zero attached hydrogens (tertiary/aromatic N) is 10. The van der Waals surface area contributed by atoms with Crippen molar-refractivity contribution in [1.29, 1.82) is 0 Å². The Morgan fingerprint density at radius 2 is 0.780 bits per heavy atom. The zero-order chi connectivity index (χ0) is 93.4. The van der Waals surface area contributed by atoms with E-state index in [1.54, 1.807) is 50.6 Å². The summed E-state index contributed by atoms with van der Waals surface area (Å²) in [5.74, 6) is -2.92. The molecule has 4 aromatic heterocycles. The second kappa shape index (κ2) is 45.8. The first kappa shape index (κ1) is 101. The Morgan fingerprint density at radius 1 is 0.417 bits per heavy atom. The number of aryl methyl sites for hydroxylation is 3. The number of phenolic OH excluding ortho intramolecular Hbond substituents is 1. The summed E-state index contributed by atoms with van der Waals surface area (Å²) in [5.41, 5.74) is 0.224. The van der Waals surface area contributed by atoms with Gasteiger partial charge in [-0.25, -0.2) is 71.4 Å². The molecule has 0 amide bonds. The summed E-state index contributed by atoms with van der Waals surface area (Å²) in [6, 6.07) is 32.3. The van der Waals surface area contributed by atoms with E-state index < -0.39 is 115 Å². The van der Waals surface area contributed by atoms with Gasteiger partial charge in [0.05, 0.1) is 87.1 Å². The molecule has 3 N–H and O–H groups in total. The third-order valence-electron chi connectivity index (χ3n) is 16.4. The van der Waals surface area contributed by atoms with E-state index in [1.807, 2.05) is 18.2 Å². The van der Waals surface area contributed by atoms with Crippen molar-refractivity contribution < 1.29 is 147 Å². The Kier molecular flexibility index (Phi) is 36.4. The van der Waals surface area contributed by atoms with Gasteiger partial charge in [0.25, 0.3) is 30.1 Å². The van der Waals surface area contributed by atoms with E-state index in [2.05, 4.69) is 60.1 Å². The number of nitrogens with one attached hydrogen (secondary N) is 2. The van der Waals surface area contributed by atoms with Crippen molar-refractivity contribution in [3.05, 3.63) is 262 Å². The van der Waals surface area contributed by atoms with Gasteiger partial charge in [-0.3, -0.25) is 4.72 Å². The smallest absolute Gasteiger partial charge is 1.00 e. The molecule has 27 nitrogen and oxygen atoms in total. The molecule has 13 rings (SSSR count). The minimum absolute atomic E-state index is 0. The van der Waals surface area contributed by atoms with Crippen molar-refractivity contribution in [3.63, 3.8) is 0 Å². The van der Waals surface area contributed by atoms with Crippen molar-refractivity contribution in [1.82, 2.24) is 37.4 Å². The number of benzene rings is 9. The average Bonchev–Trinajstić information content (AvgIpc) is 1.76. The van der Waals surface area contributed by atoms with Crippen LogP contribution in [0.25, 0.3) is 0 Å². The summed E-state index contributed by atoms with van der Waals surface area (Å²) in [6.07, 6.45) is -8.33. The molecule has 127 heavy (non-hydrogen) atoms. The molecule has 0 bridgehead atoms. The number of alkyl halides is 9. The van der Waals surface area contributed by atoms with Crippen LogP contribution in [0.4, 0.5) is 77.6 Å². The minimum atomic E-state index is -4.62. The molecule has 0 unspecified atom stereocenters. The Hall–Kier alpha value is -11.5. The quantitative estimate of drug-likeness (QED) is 0.0222. The monoisotopic (exact) mass is 1930 g/mol. The second-order valence-electron chi connectivity index (χ2n) is 25.0. The van der Waals surface area contributed by atoms with Crippen LogP contribution in [-0.4, -0.2) is 117 Å². The predicted molar refractivity (Wildman–Crippen MR) is 449 cm³/mol. The summed E-state index contributed by atoms with van der Waals surface area (Å²) in [4.78, 5) is 14.4. The summed E-state index contributed by atoms with van der Waals surface area (Å²) < 4.78 is 316. The number of hydrogen-bond donors (Lipinski definition) is 4. The first-order valence-corrected chi connectivity index (χ1v) is 43.1. The normalized spacial score (nSPS) is 11.3. The molecule has 0 aliphatic rings. The molecule has 0 spiro atoms. The molecule has 0 radical (unpaired) electrons. The molecule has 13 aromatic rings. The van der Waals surface area contributed by atoms with Crippen molar-refractivity contribution in [3.8, 4) is 63.2 Å². The minimum Gasteiger partial charge on any atom is -1.00 e. The third kappa shape index (κ3) is 28.8. The van der Waals surface area contributed by atoms with Gasteiger partial charge in [0.15, 0.2) is 34.8 Å². The number of halogens is 13. The molecule has 0 saturated carbocycles. The number of hydrogen-bond acceptors (Lipinski definition) is 29. The molecule has 0 aliphatic carbocycles. The van der Waals surface area contributed by atoms with Gasteiger partial charge in [-0.15, -0.1) is 0 Å². The van der Waals surface area contributed by atoms with Gasteiger partial charge in [-0.05, 0) is 189 Å². The molecule has 0 atom stereocenters. The van der Waals surface area contributed by atoms with Gasteiger partial charge >= 0.3 is 37.4 Å². The van der Waals surface area contributed by atoms with E-state index in [1.165, 1.54) is 97.9 Å². The Balaban J connectivity index is 0.000000256. The van der Waals surface area contributed by atoms with Crippen molar-refractivity contribution in [2.75, 3.05) is 67.5 Å². The van der Waals surface area contributed by atoms with Gasteiger partial charge in [0, 0.05) is 88.9 Å². The summed E-state index contributed by atoms with van der Waals surface area (Å²) in [7, 11) is -3.66. The number of methoxy groups -OCH3 is 6. The first-order chi connectivity index (χ1) is 60.0. The standard InChI is InChI=1S/C25H21F4N3O5S2.C17H15F2N3O4S2.C16H11F4N3O3S2.C11H13N3O2S.C8H7F3O.CH4S.Li.H/c1-15-8-17(25(27,28)29)10-19(9-15)37-22-7-6-20(12-21(22)26)39(33,34)32(24-30-14-31-38-24)13-16-4-5-18(35-2)11-23(16)36-3;1-25-12-4-3-11(16(7-12)26-2)9-22(17-20-10-21-27-17)28(23,24)13-5-6-14(18)15(19)8-13;1-9-4-10(16(18,19)20)6-11(5-9)26-14-3-2-12(7-13(14)17)28(24,25)23-15-21-8-22-27-15;1-15-9-4-3-8(10(5-9)16-2)6-12-11-13-7-14-17-11;1-5-2-6(8(9,10)11)4-7(12)3-5;1-2;;/h4-12,14H,13H2,1-3H3;3-8,10H,9H2,1-2H3;2-8H,1H3,(H,21,22,23);3-5,7H,6H2,1-2H3,(H,12,13,14);2-4,12H,1H3;2H,1H3;;/q;;;;;;+1;-1/i;;;;;1D;;. The fraction of sp³-hybridized carbons (Fsp3) is 0.205. The second-order valence-corrected chi connectivity index (χ2v) is 33.5. The molecule has 49 heteroatoms. The van der Waals surface area contributed by atoms with Crippen LogP contribution in [0.5, 0.6) is 63.2 Å². The van der Waals surface area contributed by atoms with Crippen LogP contribution >= 0.6 is 58.8 Å². The Bertz CT molecular complexity index is 6170. The van der Waals surface area contributed by atoms with E-state index in [0.29, 0.717) is 64.4 Å². The predicted octanol–water partition coefficient (Wildman–Crippen LogP) is 16.6. The zero-order valence-corrected chi connectivity index (χ0v) is 74.2. The van der Waals surface area contributed by atoms with E-state index in [-0.39, 0.29) is 83.4 Å². The molecule has 4 heterocycles. The number of phenols is 1. The van der Waals surface area contributed by atoms with Crippen LogP contribution in [0.3, 0.4) is 0 Å². The van der Waals surface area contributed by atoms with Crippen LogP contribution in [0.15, 0.2) is 204 Å². The third-order valence-corrected chi connectivity index (χ3v) is 24.1. The summed E-state index contributed by atoms with van der Waals surface area (Å²) in [6.45, 7) is 4.62. The fourth-order valence-corrected chi connectivity index (χ4v) is 17.0. The van der Waals surface area contributed by atoms with E-state index >= 15 is 4.39 Å². The van der Waals surface area contributed by atoms with Crippen LogP contribution in [-0.2, 0) is 68.2 Å². The molecule has 0 saturated heterocycles. The van der Waals surface area contributed by atoms with Crippen LogP contribution in [0.2, 0.25) is 0 Å². The number of aromatic nitrogens is 8. The maximum Gasteiger partial charge on any atom is 1.00 e.